The number of hydrogen-bond donors (Lipinski definition) is 0. The van der Waals surface area contributed by atoms with Crippen LogP contribution in [0.15, 0.2) is 66.7 Å². The van der Waals surface area contributed by atoms with Gasteiger partial charge in [-0.05, 0) is 67.3 Å². The van der Waals surface area contributed by atoms with Crippen LogP contribution in [0.3, 0.4) is 0 Å². The highest BCUT2D eigenvalue weighted by Gasteiger charge is 2.35. The Morgan fingerprint density at radius 2 is 1.33 bits per heavy atom. The highest BCUT2D eigenvalue weighted by Crippen LogP contribution is 2.29. The largest absolute Gasteiger partial charge is 0.494 e. The summed E-state index contributed by atoms with van der Waals surface area (Å²) in [5.41, 5.74) is 3.53. The van der Waals surface area contributed by atoms with Gasteiger partial charge in [0.2, 0.25) is 0 Å². The van der Waals surface area contributed by atoms with E-state index in [1.807, 2.05) is 50.2 Å². The molecule has 1 amide bonds. The van der Waals surface area contributed by atoms with Crippen LogP contribution in [0, 0.1) is 0 Å². The van der Waals surface area contributed by atoms with Gasteiger partial charge in [-0.3, -0.25) is 9.69 Å². The standard InChI is InChI=1S/C36H43NO4S/c1-4-6-7-8-9-10-11-12-13-24-40-30-19-14-27(15-20-30)28-16-21-31(22-17-28)41-36(39)29-18-23-32-33(25-29)34(38)37(35(32)42)26(3)5-2/h14-23,25-26H,4-13,24H2,1-3H3/t26-/m0/s1. The second kappa shape index (κ2) is 15.6. The van der Waals surface area contributed by atoms with Crippen LogP contribution in [0.25, 0.3) is 11.1 Å². The number of hydrogen-bond acceptors (Lipinski definition) is 5. The number of unbranched alkanes of at least 4 members (excludes halogenated alkanes) is 8. The van der Waals surface area contributed by atoms with Crippen molar-refractivity contribution in [2.24, 2.45) is 0 Å². The number of carbonyl (C=O) groups excluding carboxylic acids is 2. The van der Waals surface area contributed by atoms with Crippen LogP contribution >= 0.6 is 12.2 Å². The maximum atomic E-state index is 12.9. The summed E-state index contributed by atoms with van der Waals surface area (Å²) in [7, 11) is 0. The molecule has 1 heterocycles. The van der Waals surface area contributed by atoms with E-state index in [2.05, 4.69) is 6.92 Å². The summed E-state index contributed by atoms with van der Waals surface area (Å²) in [5, 5.41) is 0. The molecule has 0 bridgehead atoms. The Kier molecular flexibility index (Phi) is 11.7. The minimum atomic E-state index is -0.514. The molecule has 4 rings (SSSR count). The molecule has 42 heavy (non-hydrogen) atoms. The van der Waals surface area contributed by atoms with E-state index in [-0.39, 0.29) is 11.9 Å². The molecule has 0 aromatic heterocycles. The number of fused-ring (bicyclic) bond motifs is 1. The number of esters is 1. The number of ether oxygens (including phenoxy) is 2. The third-order valence-corrected chi connectivity index (χ3v) is 8.37. The van der Waals surface area contributed by atoms with Crippen LogP contribution in [-0.4, -0.2) is 34.4 Å². The Bertz CT molecular complexity index is 1350. The van der Waals surface area contributed by atoms with Crippen LogP contribution in [0.5, 0.6) is 11.5 Å². The number of amides is 1. The van der Waals surface area contributed by atoms with Gasteiger partial charge in [0.1, 0.15) is 16.5 Å². The topological polar surface area (TPSA) is 55.8 Å². The summed E-state index contributed by atoms with van der Waals surface area (Å²) >= 11 is 5.52. The van der Waals surface area contributed by atoms with Crippen molar-refractivity contribution in [3.63, 3.8) is 0 Å². The molecule has 0 saturated carbocycles. The molecule has 0 fully saturated rings. The zero-order chi connectivity index (χ0) is 29.9. The van der Waals surface area contributed by atoms with Crippen molar-refractivity contribution in [1.29, 1.82) is 0 Å². The van der Waals surface area contributed by atoms with Gasteiger partial charge in [-0.15, -0.1) is 0 Å². The van der Waals surface area contributed by atoms with E-state index in [1.165, 1.54) is 51.4 Å². The molecule has 6 heteroatoms. The van der Waals surface area contributed by atoms with Gasteiger partial charge in [-0.1, -0.05) is 108 Å². The number of rotatable bonds is 16. The maximum Gasteiger partial charge on any atom is 0.343 e. The predicted molar refractivity (Wildman–Crippen MR) is 174 cm³/mol. The highest BCUT2D eigenvalue weighted by atomic mass is 32.1. The smallest absolute Gasteiger partial charge is 0.343 e. The monoisotopic (exact) mass is 585 g/mol. The summed E-state index contributed by atoms with van der Waals surface area (Å²) in [6, 6.07) is 20.5. The van der Waals surface area contributed by atoms with E-state index in [9.17, 15) is 9.59 Å². The molecule has 3 aromatic carbocycles. The van der Waals surface area contributed by atoms with Crippen molar-refractivity contribution in [1.82, 2.24) is 4.90 Å². The summed E-state index contributed by atoms with van der Waals surface area (Å²) in [6.45, 7) is 6.99. The van der Waals surface area contributed by atoms with Crippen molar-refractivity contribution in [2.45, 2.75) is 91.0 Å². The van der Waals surface area contributed by atoms with Crippen LogP contribution in [0.1, 0.15) is 111 Å². The van der Waals surface area contributed by atoms with Gasteiger partial charge in [-0.25, -0.2) is 4.79 Å². The quantitative estimate of drug-likeness (QED) is 0.0725. The van der Waals surface area contributed by atoms with Crippen molar-refractivity contribution < 1.29 is 19.1 Å². The van der Waals surface area contributed by atoms with Crippen molar-refractivity contribution in [2.75, 3.05) is 6.61 Å². The zero-order valence-electron chi connectivity index (χ0n) is 25.2. The number of thiocarbonyl (C=S) groups is 1. The third kappa shape index (κ3) is 8.07. The first-order valence-corrected chi connectivity index (χ1v) is 15.9. The first-order chi connectivity index (χ1) is 20.4. The van der Waals surface area contributed by atoms with E-state index >= 15 is 0 Å². The van der Waals surface area contributed by atoms with Gasteiger partial charge in [0.05, 0.1) is 17.7 Å². The lowest BCUT2D eigenvalue weighted by molar-refractivity contribution is 0.0734. The number of carbonyl (C=O) groups is 2. The lowest BCUT2D eigenvalue weighted by atomic mass is 10.1. The average Bonchev–Trinajstić information content (AvgIpc) is 3.27. The molecule has 0 N–H and O–H groups in total. The summed E-state index contributed by atoms with van der Waals surface area (Å²) in [6.07, 6.45) is 12.5. The predicted octanol–water partition coefficient (Wildman–Crippen LogP) is 9.41. The van der Waals surface area contributed by atoms with E-state index in [0.717, 1.165) is 36.3 Å². The first kappa shape index (κ1) is 31.4. The average molecular weight is 586 g/mol. The zero-order valence-corrected chi connectivity index (χ0v) is 26.0. The highest BCUT2D eigenvalue weighted by molar-refractivity contribution is 7.80. The van der Waals surface area contributed by atoms with Gasteiger partial charge >= 0.3 is 5.97 Å². The Balaban J connectivity index is 1.24. The minimum Gasteiger partial charge on any atom is -0.494 e. The molecule has 0 unspecified atom stereocenters. The van der Waals surface area contributed by atoms with Crippen LogP contribution < -0.4 is 9.47 Å². The lowest BCUT2D eigenvalue weighted by Gasteiger charge is -2.22. The van der Waals surface area contributed by atoms with Gasteiger partial charge in [0.25, 0.3) is 5.91 Å². The molecule has 1 aliphatic rings. The van der Waals surface area contributed by atoms with Crippen LogP contribution in [-0.2, 0) is 0 Å². The fourth-order valence-corrected chi connectivity index (χ4v) is 5.64. The molecule has 0 aliphatic carbocycles. The van der Waals surface area contributed by atoms with E-state index < -0.39 is 5.97 Å². The molecular weight excluding hydrogens is 542 g/mol. The molecule has 1 aliphatic heterocycles. The van der Waals surface area contributed by atoms with Crippen LogP contribution in [0.2, 0.25) is 0 Å². The summed E-state index contributed by atoms with van der Waals surface area (Å²) in [5.74, 6) is 0.640. The SMILES string of the molecule is CCCCCCCCCCCOc1ccc(-c2ccc(OC(=O)c3ccc4c(c3)C(=O)N([C@@H](C)CC)C4=S)cc2)cc1. The van der Waals surface area contributed by atoms with Crippen molar-refractivity contribution in [3.05, 3.63) is 83.4 Å². The molecule has 0 spiro atoms. The summed E-state index contributed by atoms with van der Waals surface area (Å²) < 4.78 is 11.5. The Labute approximate surface area is 256 Å². The van der Waals surface area contributed by atoms with Gasteiger partial charge in [0.15, 0.2) is 0 Å². The van der Waals surface area contributed by atoms with Gasteiger partial charge in [-0.2, -0.15) is 0 Å². The third-order valence-electron chi connectivity index (χ3n) is 7.95. The maximum absolute atomic E-state index is 12.9. The minimum absolute atomic E-state index is 0.000386. The molecular formula is C36H43NO4S. The van der Waals surface area contributed by atoms with Gasteiger partial charge < -0.3 is 9.47 Å². The Hall–Kier alpha value is -3.51. The number of nitrogens with zero attached hydrogens (tertiary/aromatic N) is 1. The Morgan fingerprint density at radius 1 is 0.762 bits per heavy atom. The van der Waals surface area contributed by atoms with E-state index in [1.54, 1.807) is 35.2 Å². The van der Waals surface area contributed by atoms with Crippen molar-refractivity contribution in [3.8, 4) is 22.6 Å². The molecule has 1 atom stereocenters. The van der Waals surface area contributed by atoms with Gasteiger partial charge in [0, 0.05) is 11.6 Å². The second-order valence-corrected chi connectivity index (χ2v) is 11.5. The fourth-order valence-electron chi connectivity index (χ4n) is 5.20. The number of benzene rings is 3. The molecule has 222 valence electrons. The molecule has 3 aromatic rings. The van der Waals surface area contributed by atoms with E-state index in [4.69, 9.17) is 21.7 Å². The second-order valence-electron chi connectivity index (χ2n) is 11.1. The normalized spacial score (nSPS) is 13.3. The molecule has 5 nitrogen and oxygen atoms in total. The molecule has 0 saturated heterocycles. The fraction of sp³-hybridized carbons (Fsp3) is 0.417. The molecule has 0 radical (unpaired) electrons. The van der Waals surface area contributed by atoms with E-state index in [0.29, 0.717) is 27.4 Å². The lowest BCUT2D eigenvalue weighted by Crippen LogP contribution is -2.36. The first-order valence-electron chi connectivity index (χ1n) is 15.5. The Morgan fingerprint density at radius 3 is 1.93 bits per heavy atom. The van der Waals surface area contributed by atoms with Crippen LogP contribution in [0.4, 0.5) is 0 Å². The summed E-state index contributed by atoms with van der Waals surface area (Å²) in [4.78, 5) is 28.0. The van der Waals surface area contributed by atoms with Crippen molar-refractivity contribution >= 4 is 29.1 Å².